The summed E-state index contributed by atoms with van der Waals surface area (Å²) < 4.78 is 0. The molecule has 0 heterocycles. The number of phenolic OH excluding ortho intramolecular Hbond substituents is 1. The number of rotatable bonds is 1. The van der Waals surface area contributed by atoms with Crippen LogP contribution in [-0.2, 0) is 6.42 Å². The van der Waals surface area contributed by atoms with Gasteiger partial charge in [-0.2, -0.15) is 0 Å². The van der Waals surface area contributed by atoms with Gasteiger partial charge in [0.05, 0.1) is 5.02 Å². The Balaban J connectivity index is 3.14. The molecule has 0 fully saturated rings. The molecule has 2 heteroatoms. The van der Waals surface area contributed by atoms with Crippen molar-refractivity contribution in [1.29, 1.82) is 0 Å². The third-order valence-corrected chi connectivity index (χ3v) is 1.88. The van der Waals surface area contributed by atoms with Gasteiger partial charge in [0.15, 0.2) is 0 Å². The molecule has 0 aliphatic carbocycles. The van der Waals surface area contributed by atoms with Crippen LogP contribution in [0.5, 0.6) is 5.75 Å². The summed E-state index contributed by atoms with van der Waals surface area (Å²) in [6.07, 6.45) is 0.854. The monoisotopic (exact) mass is 156 g/mol. The first-order chi connectivity index (χ1) is 4.75. The highest BCUT2D eigenvalue weighted by atomic mass is 35.5. The summed E-state index contributed by atoms with van der Waals surface area (Å²) in [5, 5.41) is 9.58. The Hall–Kier alpha value is -0.690. The van der Waals surface area contributed by atoms with Crippen molar-refractivity contribution in [2.45, 2.75) is 13.3 Å². The van der Waals surface area contributed by atoms with E-state index in [9.17, 15) is 0 Å². The van der Waals surface area contributed by atoms with E-state index in [-0.39, 0.29) is 5.75 Å². The minimum Gasteiger partial charge on any atom is -0.506 e. The predicted molar refractivity (Wildman–Crippen MR) is 42.5 cm³/mol. The van der Waals surface area contributed by atoms with Crippen molar-refractivity contribution in [3.63, 3.8) is 0 Å². The molecule has 0 spiro atoms. The van der Waals surface area contributed by atoms with Crippen molar-refractivity contribution in [2.75, 3.05) is 0 Å². The molecule has 0 saturated heterocycles. The zero-order valence-corrected chi connectivity index (χ0v) is 6.52. The summed E-state index contributed by atoms with van der Waals surface area (Å²) in [5.41, 5.74) is 0.988. The summed E-state index contributed by atoms with van der Waals surface area (Å²) in [7, 11) is 0. The van der Waals surface area contributed by atoms with Crippen molar-refractivity contribution in [3.05, 3.63) is 28.8 Å². The lowest BCUT2D eigenvalue weighted by atomic mass is 10.2. The normalized spacial score (nSPS) is 9.80. The van der Waals surface area contributed by atoms with E-state index in [2.05, 4.69) is 0 Å². The number of aromatic hydroxyl groups is 1. The van der Waals surface area contributed by atoms with Crippen molar-refractivity contribution in [1.82, 2.24) is 0 Å². The fraction of sp³-hybridized carbons (Fsp3) is 0.250. The number of halogens is 1. The van der Waals surface area contributed by atoms with Crippen LogP contribution < -0.4 is 0 Å². The molecular formula is C8H9ClO. The van der Waals surface area contributed by atoms with Crippen LogP contribution in [0.3, 0.4) is 0 Å². The van der Waals surface area contributed by atoms with Gasteiger partial charge in [-0.15, -0.1) is 0 Å². The molecule has 0 atom stereocenters. The van der Waals surface area contributed by atoms with E-state index in [1.807, 2.05) is 13.0 Å². The Morgan fingerprint density at radius 3 is 2.70 bits per heavy atom. The molecular weight excluding hydrogens is 148 g/mol. The van der Waals surface area contributed by atoms with Gasteiger partial charge >= 0.3 is 0 Å². The van der Waals surface area contributed by atoms with E-state index >= 15 is 0 Å². The lowest BCUT2D eigenvalue weighted by Gasteiger charge is -2.00. The SMILES string of the molecule is CCc1cccc(O)c1Cl. The predicted octanol–water partition coefficient (Wildman–Crippen LogP) is 2.61. The maximum Gasteiger partial charge on any atom is 0.134 e. The lowest BCUT2D eigenvalue weighted by molar-refractivity contribution is 0.475. The summed E-state index contributed by atoms with van der Waals surface area (Å²) in [5.74, 6) is 0.168. The van der Waals surface area contributed by atoms with E-state index < -0.39 is 0 Å². The fourth-order valence-corrected chi connectivity index (χ4v) is 1.10. The lowest BCUT2D eigenvalue weighted by Crippen LogP contribution is -1.80. The molecule has 1 aromatic rings. The molecule has 1 nitrogen and oxygen atoms in total. The van der Waals surface area contributed by atoms with Crippen molar-refractivity contribution in [2.24, 2.45) is 0 Å². The van der Waals surface area contributed by atoms with Gasteiger partial charge in [-0.1, -0.05) is 30.7 Å². The highest BCUT2D eigenvalue weighted by molar-refractivity contribution is 6.32. The molecule has 54 valence electrons. The average Bonchev–Trinajstić information content (AvgIpc) is 1.95. The van der Waals surface area contributed by atoms with E-state index in [0.717, 1.165) is 12.0 Å². The third-order valence-electron chi connectivity index (χ3n) is 1.44. The number of phenols is 1. The minimum atomic E-state index is 0.168. The molecule has 0 aromatic heterocycles. The van der Waals surface area contributed by atoms with E-state index in [1.54, 1.807) is 12.1 Å². The van der Waals surface area contributed by atoms with Crippen LogP contribution in [0.25, 0.3) is 0 Å². The molecule has 0 bridgehead atoms. The van der Waals surface area contributed by atoms with Crippen LogP contribution in [0, 0.1) is 0 Å². The second kappa shape index (κ2) is 2.93. The van der Waals surface area contributed by atoms with Crippen LogP contribution in [-0.4, -0.2) is 5.11 Å². The topological polar surface area (TPSA) is 20.2 Å². The molecule has 0 amide bonds. The maximum absolute atomic E-state index is 9.10. The highest BCUT2D eigenvalue weighted by Gasteiger charge is 2.00. The first kappa shape index (κ1) is 7.42. The summed E-state index contributed by atoms with van der Waals surface area (Å²) >= 11 is 5.74. The van der Waals surface area contributed by atoms with Crippen LogP contribution >= 0.6 is 11.6 Å². The molecule has 0 saturated carbocycles. The van der Waals surface area contributed by atoms with Gasteiger partial charge in [-0.3, -0.25) is 0 Å². The Morgan fingerprint density at radius 1 is 1.50 bits per heavy atom. The van der Waals surface area contributed by atoms with E-state index in [4.69, 9.17) is 16.7 Å². The number of hydrogen-bond acceptors (Lipinski definition) is 1. The molecule has 1 rings (SSSR count). The van der Waals surface area contributed by atoms with Crippen molar-refractivity contribution >= 4 is 11.6 Å². The number of aryl methyl sites for hydroxylation is 1. The van der Waals surface area contributed by atoms with Crippen LogP contribution in [0.2, 0.25) is 5.02 Å². The minimum absolute atomic E-state index is 0.168. The second-order valence-electron chi connectivity index (χ2n) is 2.10. The Bertz CT molecular complexity index is 233. The Kier molecular flexibility index (Phi) is 2.17. The summed E-state index contributed by atoms with van der Waals surface area (Å²) in [6, 6.07) is 5.28. The van der Waals surface area contributed by atoms with Crippen molar-refractivity contribution < 1.29 is 5.11 Å². The van der Waals surface area contributed by atoms with E-state index in [0.29, 0.717) is 5.02 Å². The zero-order valence-electron chi connectivity index (χ0n) is 5.76. The van der Waals surface area contributed by atoms with Gasteiger partial charge in [0, 0.05) is 0 Å². The number of hydrogen-bond donors (Lipinski definition) is 1. The van der Waals surface area contributed by atoms with Gasteiger partial charge in [0.25, 0.3) is 0 Å². The van der Waals surface area contributed by atoms with Gasteiger partial charge < -0.3 is 5.11 Å². The van der Waals surface area contributed by atoms with Crippen LogP contribution in [0.1, 0.15) is 12.5 Å². The first-order valence-electron chi connectivity index (χ1n) is 3.22. The molecule has 0 aliphatic heterocycles. The fourth-order valence-electron chi connectivity index (χ4n) is 0.839. The standard InChI is InChI=1S/C8H9ClO/c1-2-6-4-3-5-7(10)8(6)9/h3-5,10H,2H2,1H3. The second-order valence-corrected chi connectivity index (χ2v) is 2.48. The van der Waals surface area contributed by atoms with Gasteiger partial charge in [-0.05, 0) is 18.1 Å². The molecule has 1 aromatic carbocycles. The van der Waals surface area contributed by atoms with Gasteiger partial charge in [0.1, 0.15) is 5.75 Å². The smallest absolute Gasteiger partial charge is 0.134 e. The van der Waals surface area contributed by atoms with Gasteiger partial charge in [0.2, 0.25) is 0 Å². The van der Waals surface area contributed by atoms with Crippen LogP contribution in [0.4, 0.5) is 0 Å². The molecule has 1 N–H and O–H groups in total. The molecule has 0 aliphatic rings. The molecule has 0 radical (unpaired) electrons. The average molecular weight is 157 g/mol. The summed E-state index contributed by atoms with van der Waals surface area (Å²) in [4.78, 5) is 0. The molecule has 10 heavy (non-hydrogen) atoms. The van der Waals surface area contributed by atoms with Gasteiger partial charge in [-0.25, -0.2) is 0 Å². The Labute approximate surface area is 65.3 Å². The Morgan fingerprint density at radius 2 is 2.20 bits per heavy atom. The maximum atomic E-state index is 9.10. The summed E-state index contributed by atoms with van der Waals surface area (Å²) in [6.45, 7) is 2.00. The highest BCUT2D eigenvalue weighted by Crippen LogP contribution is 2.26. The third kappa shape index (κ3) is 1.24. The number of benzene rings is 1. The van der Waals surface area contributed by atoms with E-state index in [1.165, 1.54) is 0 Å². The van der Waals surface area contributed by atoms with Crippen molar-refractivity contribution in [3.8, 4) is 5.75 Å². The quantitative estimate of drug-likeness (QED) is 0.663. The molecule has 0 unspecified atom stereocenters. The first-order valence-corrected chi connectivity index (χ1v) is 3.60. The van der Waals surface area contributed by atoms with Crippen LogP contribution in [0.15, 0.2) is 18.2 Å². The zero-order chi connectivity index (χ0) is 7.56. The largest absolute Gasteiger partial charge is 0.506 e.